The van der Waals surface area contributed by atoms with Gasteiger partial charge in [-0.2, -0.15) is 0 Å². The van der Waals surface area contributed by atoms with Crippen molar-refractivity contribution in [3.63, 3.8) is 0 Å². The first-order chi connectivity index (χ1) is 10.3. The highest BCUT2D eigenvalue weighted by atomic mass is 19.1. The van der Waals surface area contributed by atoms with Crippen LogP contribution in [-0.2, 0) is 4.74 Å². The summed E-state index contributed by atoms with van der Waals surface area (Å²) in [6, 6.07) is 9.46. The average Bonchev–Trinajstić information content (AvgIpc) is 2.56. The van der Waals surface area contributed by atoms with E-state index in [-0.39, 0.29) is 17.8 Å². The topological polar surface area (TPSA) is 42.4 Å². The third-order valence-corrected chi connectivity index (χ3v) is 3.55. The van der Waals surface area contributed by atoms with Crippen molar-refractivity contribution in [2.24, 2.45) is 0 Å². The van der Waals surface area contributed by atoms with E-state index in [0.29, 0.717) is 25.3 Å². The van der Waals surface area contributed by atoms with Crippen LogP contribution in [0.2, 0.25) is 0 Å². The summed E-state index contributed by atoms with van der Waals surface area (Å²) in [5.41, 5.74) is 1.42. The van der Waals surface area contributed by atoms with Crippen molar-refractivity contribution in [2.45, 2.75) is 6.04 Å². The van der Waals surface area contributed by atoms with Gasteiger partial charge in [0.15, 0.2) is 0 Å². The molecule has 1 unspecified atom stereocenters. The Morgan fingerprint density at radius 2 is 2.10 bits per heavy atom. The zero-order valence-corrected chi connectivity index (χ0v) is 11.4. The minimum Gasteiger partial charge on any atom is -0.377 e. The highest BCUT2D eigenvalue weighted by Crippen LogP contribution is 2.26. The zero-order valence-electron chi connectivity index (χ0n) is 11.4. The molecule has 1 aliphatic rings. The third kappa shape index (κ3) is 2.92. The van der Waals surface area contributed by atoms with Crippen molar-refractivity contribution in [2.75, 3.05) is 19.8 Å². The molecule has 0 aliphatic carbocycles. The number of amides is 1. The van der Waals surface area contributed by atoms with E-state index in [0.717, 1.165) is 5.56 Å². The van der Waals surface area contributed by atoms with E-state index in [4.69, 9.17) is 4.74 Å². The van der Waals surface area contributed by atoms with E-state index in [1.165, 1.54) is 12.1 Å². The Balaban J connectivity index is 1.88. The molecule has 1 fully saturated rings. The van der Waals surface area contributed by atoms with Gasteiger partial charge in [0.2, 0.25) is 0 Å². The van der Waals surface area contributed by atoms with E-state index >= 15 is 0 Å². The Bertz CT molecular complexity index is 616. The molecule has 1 amide bonds. The number of aromatic nitrogens is 1. The molecule has 0 saturated carbocycles. The Morgan fingerprint density at radius 1 is 1.29 bits per heavy atom. The molecular weight excluding hydrogens is 271 g/mol. The SMILES string of the molecule is O=C(c1cccnc1)N1CCOCC1c1ccc(F)cc1. The van der Waals surface area contributed by atoms with E-state index in [1.54, 1.807) is 41.6 Å². The van der Waals surface area contributed by atoms with Crippen LogP contribution in [0, 0.1) is 5.82 Å². The number of carbonyl (C=O) groups is 1. The average molecular weight is 286 g/mol. The summed E-state index contributed by atoms with van der Waals surface area (Å²) in [5.74, 6) is -0.374. The fourth-order valence-electron chi connectivity index (χ4n) is 2.46. The smallest absolute Gasteiger partial charge is 0.256 e. The molecule has 3 rings (SSSR count). The number of benzene rings is 1. The van der Waals surface area contributed by atoms with Crippen LogP contribution in [0.15, 0.2) is 48.8 Å². The Hall–Kier alpha value is -2.27. The number of carbonyl (C=O) groups excluding carboxylic acids is 1. The lowest BCUT2D eigenvalue weighted by Crippen LogP contribution is -2.43. The first kappa shape index (κ1) is 13.7. The Labute approximate surface area is 122 Å². The van der Waals surface area contributed by atoms with Gasteiger partial charge in [-0.1, -0.05) is 12.1 Å². The molecule has 1 saturated heterocycles. The second-order valence-corrected chi connectivity index (χ2v) is 4.88. The summed E-state index contributed by atoms with van der Waals surface area (Å²) >= 11 is 0. The quantitative estimate of drug-likeness (QED) is 0.851. The van der Waals surface area contributed by atoms with Crippen molar-refractivity contribution in [3.8, 4) is 0 Å². The van der Waals surface area contributed by atoms with Gasteiger partial charge >= 0.3 is 0 Å². The predicted octanol–water partition coefficient (Wildman–Crippen LogP) is 2.43. The minimum atomic E-state index is -0.291. The first-order valence-electron chi connectivity index (χ1n) is 6.80. The number of halogens is 1. The van der Waals surface area contributed by atoms with Gasteiger partial charge in [0.25, 0.3) is 5.91 Å². The van der Waals surface area contributed by atoms with E-state index in [9.17, 15) is 9.18 Å². The Morgan fingerprint density at radius 3 is 2.81 bits per heavy atom. The normalized spacial score (nSPS) is 18.5. The largest absolute Gasteiger partial charge is 0.377 e. The summed E-state index contributed by atoms with van der Waals surface area (Å²) < 4.78 is 18.5. The fourth-order valence-corrected chi connectivity index (χ4v) is 2.46. The second kappa shape index (κ2) is 6.01. The molecule has 2 aromatic rings. The van der Waals surface area contributed by atoms with Gasteiger partial charge in [-0.3, -0.25) is 9.78 Å². The standard InChI is InChI=1S/C16H15FN2O2/c17-14-5-3-12(4-6-14)15-11-21-9-8-19(15)16(20)13-2-1-7-18-10-13/h1-7,10,15H,8-9,11H2. The molecule has 0 bridgehead atoms. The van der Waals surface area contributed by atoms with Crippen LogP contribution in [0.25, 0.3) is 0 Å². The molecule has 1 atom stereocenters. The van der Waals surface area contributed by atoms with E-state index in [1.807, 2.05) is 0 Å². The van der Waals surface area contributed by atoms with Gasteiger partial charge in [0, 0.05) is 18.9 Å². The number of hydrogen-bond acceptors (Lipinski definition) is 3. The lowest BCUT2D eigenvalue weighted by atomic mass is 10.0. The molecule has 1 aromatic carbocycles. The number of nitrogens with zero attached hydrogens (tertiary/aromatic N) is 2. The lowest BCUT2D eigenvalue weighted by Gasteiger charge is -2.36. The van der Waals surface area contributed by atoms with Crippen molar-refractivity contribution in [3.05, 3.63) is 65.7 Å². The Kier molecular flexibility index (Phi) is 3.92. The van der Waals surface area contributed by atoms with Gasteiger partial charge in [-0.25, -0.2) is 4.39 Å². The van der Waals surface area contributed by atoms with Crippen LogP contribution in [-0.4, -0.2) is 35.5 Å². The van der Waals surface area contributed by atoms with Crippen LogP contribution in [0.3, 0.4) is 0 Å². The highest BCUT2D eigenvalue weighted by molar-refractivity contribution is 5.94. The van der Waals surface area contributed by atoms with Crippen LogP contribution in [0.4, 0.5) is 4.39 Å². The van der Waals surface area contributed by atoms with Gasteiger partial charge in [0.05, 0.1) is 24.8 Å². The number of pyridine rings is 1. The number of rotatable bonds is 2. The minimum absolute atomic E-state index is 0.0827. The first-order valence-corrected chi connectivity index (χ1v) is 6.80. The van der Waals surface area contributed by atoms with Crippen LogP contribution in [0.5, 0.6) is 0 Å². The summed E-state index contributed by atoms with van der Waals surface area (Å²) in [4.78, 5) is 18.3. The van der Waals surface area contributed by atoms with Crippen molar-refractivity contribution < 1.29 is 13.9 Å². The molecule has 4 nitrogen and oxygen atoms in total. The maximum atomic E-state index is 13.1. The molecule has 21 heavy (non-hydrogen) atoms. The molecule has 1 aliphatic heterocycles. The molecule has 1 aromatic heterocycles. The number of ether oxygens (including phenoxy) is 1. The molecule has 0 radical (unpaired) electrons. The molecule has 2 heterocycles. The highest BCUT2D eigenvalue weighted by Gasteiger charge is 2.29. The molecule has 108 valence electrons. The van der Waals surface area contributed by atoms with E-state index in [2.05, 4.69) is 4.98 Å². The van der Waals surface area contributed by atoms with Gasteiger partial charge in [0.1, 0.15) is 5.82 Å². The van der Waals surface area contributed by atoms with Crippen LogP contribution >= 0.6 is 0 Å². The zero-order chi connectivity index (χ0) is 14.7. The fraction of sp³-hybridized carbons (Fsp3) is 0.250. The summed E-state index contributed by atoms with van der Waals surface area (Å²) in [5, 5.41) is 0. The molecule has 0 N–H and O–H groups in total. The lowest BCUT2D eigenvalue weighted by molar-refractivity contribution is -0.00273. The molecular formula is C16H15FN2O2. The maximum Gasteiger partial charge on any atom is 0.256 e. The van der Waals surface area contributed by atoms with Crippen molar-refractivity contribution >= 4 is 5.91 Å². The summed E-state index contributed by atoms with van der Waals surface area (Å²) in [6.07, 6.45) is 3.19. The van der Waals surface area contributed by atoms with Crippen molar-refractivity contribution in [1.82, 2.24) is 9.88 Å². The van der Waals surface area contributed by atoms with Crippen LogP contribution in [0.1, 0.15) is 22.0 Å². The molecule has 0 spiro atoms. The summed E-state index contributed by atoms with van der Waals surface area (Å²) in [7, 11) is 0. The van der Waals surface area contributed by atoms with Crippen LogP contribution < -0.4 is 0 Å². The second-order valence-electron chi connectivity index (χ2n) is 4.88. The third-order valence-electron chi connectivity index (χ3n) is 3.55. The number of hydrogen-bond donors (Lipinski definition) is 0. The van der Waals surface area contributed by atoms with Gasteiger partial charge < -0.3 is 9.64 Å². The van der Waals surface area contributed by atoms with Gasteiger partial charge in [-0.05, 0) is 29.8 Å². The monoisotopic (exact) mass is 286 g/mol. The van der Waals surface area contributed by atoms with Gasteiger partial charge in [-0.15, -0.1) is 0 Å². The number of morpholine rings is 1. The molecule has 5 heteroatoms. The van der Waals surface area contributed by atoms with E-state index < -0.39 is 0 Å². The summed E-state index contributed by atoms with van der Waals surface area (Å²) in [6.45, 7) is 1.43. The predicted molar refractivity (Wildman–Crippen MR) is 75.2 cm³/mol. The van der Waals surface area contributed by atoms with Crippen molar-refractivity contribution in [1.29, 1.82) is 0 Å². The maximum absolute atomic E-state index is 13.1.